The molecule has 0 N–H and O–H groups in total. The first-order valence-electron chi connectivity index (χ1n) is 10.1. The summed E-state index contributed by atoms with van der Waals surface area (Å²) in [5.74, 6) is 1.94. The van der Waals surface area contributed by atoms with Crippen LogP contribution in [-0.2, 0) is 10.8 Å². The average Bonchev–Trinajstić information content (AvgIpc) is 2.60. The van der Waals surface area contributed by atoms with E-state index >= 15 is 0 Å². The summed E-state index contributed by atoms with van der Waals surface area (Å²) in [4.78, 5) is 0. The largest absolute Gasteiger partial charge is 0.494 e. The van der Waals surface area contributed by atoms with Gasteiger partial charge in [0.15, 0.2) is 0 Å². The standard InChI is InChI=1S/C25H36O2/c1-24(2,3)20-12-10-14-22(18-20)26-16-8-7-9-17-27-23-15-11-13-21(19-23)25(4,5)6/h10-15,18-19H,7-9,16-17H2,1-6H3. The molecule has 148 valence electrons. The third kappa shape index (κ3) is 7.28. The second kappa shape index (κ2) is 9.30. The Morgan fingerprint density at radius 2 is 1.00 bits per heavy atom. The molecule has 0 heterocycles. The zero-order chi connectivity index (χ0) is 19.9. The van der Waals surface area contributed by atoms with Gasteiger partial charge in [0.05, 0.1) is 13.2 Å². The van der Waals surface area contributed by atoms with Gasteiger partial charge < -0.3 is 9.47 Å². The van der Waals surface area contributed by atoms with Crippen molar-refractivity contribution in [1.82, 2.24) is 0 Å². The van der Waals surface area contributed by atoms with Crippen LogP contribution in [0.15, 0.2) is 48.5 Å². The van der Waals surface area contributed by atoms with Crippen molar-refractivity contribution >= 4 is 0 Å². The van der Waals surface area contributed by atoms with E-state index < -0.39 is 0 Å². The summed E-state index contributed by atoms with van der Waals surface area (Å²) in [5.41, 5.74) is 2.93. The fraction of sp³-hybridized carbons (Fsp3) is 0.520. The topological polar surface area (TPSA) is 18.5 Å². The third-order valence-corrected chi connectivity index (χ3v) is 4.73. The SMILES string of the molecule is CC(C)(C)c1cccc(OCCCCCOc2cccc(C(C)(C)C)c2)c1. The van der Waals surface area contributed by atoms with Crippen LogP contribution in [0, 0.1) is 0 Å². The van der Waals surface area contributed by atoms with Gasteiger partial charge in [-0.1, -0.05) is 65.8 Å². The molecule has 0 unspecified atom stereocenters. The van der Waals surface area contributed by atoms with E-state index in [1.54, 1.807) is 0 Å². The molecule has 2 aromatic rings. The van der Waals surface area contributed by atoms with E-state index in [-0.39, 0.29) is 10.8 Å². The van der Waals surface area contributed by atoms with Crippen LogP contribution in [0.1, 0.15) is 71.9 Å². The minimum absolute atomic E-state index is 0.154. The first kappa shape index (κ1) is 21.3. The Balaban J connectivity index is 1.66. The van der Waals surface area contributed by atoms with Gasteiger partial charge in [-0.25, -0.2) is 0 Å². The van der Waals surface area contributed by atoms with E-state index in [4.69, 9.17) is 9.47 Å². The lowest BCUT2D eigenvalue weighted by Crippen LogP contribution is -2.11. The minimum Gasteiger partial charge on any atom is -0.494 e. The van der Waals surface area contributed by atoms with Crippen LogP contribution in [0.5, 0.6) is 11.5 Å². The van der Waals surface area contributed by atoms with Crippen LogP contribution < -0.4 is 9.47 Å². The molecular formula is C25H36O2. The lowest BCUT2D eigenvalue weighted by atomic mass is 9.87. The van der Waals surface area contributed by atoms with Gasteiger partial charge in [0.25, 0.3) is 0 Å². The Hall–Kier alpha value is -1.96. The van der Waals surface area contributed by atoms with Crippen molar-refractivity contribution in [2.24, 2.45) is 0 Å². The first-order chi connectivity index (χ1) is 12.7. The van der Waals surface area contributed by atoms with Gasteiger partial charge in [-0.05, 0) is 65.5 Å². The fourth-order valence-electron chi connectivity index (χ4n) is 2.87. The molecular weight excluding hydrogens is 332 g/mol. The lowest BCUT2D eigenvalue weighted by molar-refractivity contribution is 0.279. The van der Waals surface area contributed by atoms with Crippen molar-refractivity contribution in [3.05, 3.63) is 59.7 Å². The molecule has 0 aliphatic heterocycles. The van der Waals surface area contributed by atoms with Crippen molar-refractivity contribution in [3.8, 4) is 11.5 Å². The predicted octanol–water partition coefficient (Wildman–Crippen LogP) is 6.91. The van der Waals surface area contributed by atoms with E-state index in [0.717, 1.165) is 44.0 Å². The molecule has 2 aromatic carbocycles. The highest BCUT2D eigenvalue weighted by molar-refractivity contribution is 5.33. The van der Waals surface area contributed by atoms with Crippen LogP contribution in [0.4, 0.5) is 0 Å². The Bertz CT molecular complexity index is 643. The highest BCUT2D eigenvalue weighted by atomic mass is 16.5. The van der Waals surface area contributed by atoms with Gasteiger partial charge >= 0.3 is 0 Å². The summed E-state index contributed by atoms with van der Waals surface area (Å²) in [6.45, 7) is 14.9. The number of hydrogen-bond acceptors (Lipinski definition) is 2. The number of rotatable bonds is 8. The molecule has 2 heteroatoms. The minimum atomic E-state index is 0.154. The van der Waals surface area contributed by atoms with Crippen LogP contribution in [0.2, 0.25) is 0 Å². The monoisotopic (exact) mass is 368 g/mol. The maximum atomic E-state index is 5.92. The lowest BCUT2D eigenvalue weighted by Gasteiger charge is -2.20. The van der Waals surface area contributed by atoms with Crippen LogP contribution in [-0.4, -0.2) is 13.2 Å². The summed E-state index contributed by atoms with van der Waals surface area (Å²) in [6, 6.07) is 16.9. The van der Waals surface area contributed by atoms with E-state index in [0.29, 0.717) is 0 Å². The Labute approximate surface area is 165 Å². The molecule has 0 saturated heterocycles. The third-order valence-electron chi connectivity index (χ3n) is 4.73. The second-order valence-electron chi connectivity index (χ2n) is 9.31. The van der Waals surface area contributed by atoms with Gasteiger partial charge in [-0.3, -0.25) is 0 Å². The molecule has 0 amide bonds. The Kier molecular flexibility index (Phi) is 7.35. The predicted molar refractivity (Wildman–Crippen MR) is 115 cm³/mol. The highest BCUT2D eigenvalue weighted by Crippen LogP contribution is 2.26. The summed E-state index contributed by atoms with van der Waals surface area (Å²) in [7, 11) is 0. The summed E-state index contributed by atoms with van der Waals surface area (Å²) >= 11 is 0. The molecule has 0 aromatic heterocycles. The van der Waals surface area contributed by atoms with E-state index in [9.17, 15) is 0 Å². The molecule has 0 radical (unpaired) electrons. The van der Waals surface area contributed by atoms with Crippen LogP contribution in [0.3, 0.4) is 0 Å². The summed E-state index contributed by atoms with van der Waals surface area (Å²) in [5, 5.41) is 0. The van der Waals surface area contributed by atoms with Crippen molar-refractivity contribution in [1.29, 1.82) is 0 Å². The number of ether oxygens (including phenoxy) is 2. The molecule has 0 aliphatic carbocycles. The molecule has 2 nitrogen and oxygen atoms in total. The van der Waals surface area contributed by atoms with Crippen molar-refractivity contribution < 1.29 is 9.47 Å². The number of hydrogen-bond donors (Lipinski definition) is 0. The molecule has 0 atom stereocenters. The van der Waals surface area contributed by atoms with E-state index in [1.165, 1.54) is 11.1 Å². The maximum absolute atomic E-state index is 5.92. The zero-order valence-corrected chi connectivity index (χ0v) is 18.0. The van der Waals surface area contributed by atoms with Crippen molar-refractivity contribution in [2.45, 2.75) is 71.6 Å². The average molecular weight is 369 g/mol. The van der Waals surface area contributed by atoms with E-state index in [1.807, 2.05) is 12.1 Å². The summed E-state index contributed by atoms with van der Waals surface area (Å²) < 4.78 is 11.8. The maximum Gasteiger partial charge on any atom is 0.119 e. The normalized spacial score (nSPS) is 12.1. The zero-order valence-electron chi connectivity index (χ0n) is 18.0. The van der Waals surface area contributed by atoms with Gasteiger partial charge in [0.2, 0.25) is 0 Å². The number of benzene rings is 2. The van der Waals surface area contributed by atoms with Crippen LogP contribution in [0.25, 0.3) is 0 Å². The highest BCUT2D eigenvalue weighted by Gasteiger charge is 2.14. The molecule has 2 rings (SSSR count). The van der Waals surface area contributed by atoms with Crippen molar-refractivity contribution in [3.63, 3.8) is 0 Å². The smallest absolute Gasteiger partial charge is 0.119 e. The van der Waals surface area contributed by atoms with Gasteiger partial charge in [0.1, 0.15) is 11.5 Å². The van der Waals surface area contributed by atoms with Gasteiger partial charge in [0, 0.05) is 0 Å². The Morgan fingerprint density at radius 1 is 0.593 bits per heavy atom. The molecule has 0 saturated carbocycles. The quantitative estimate of drug-likeness (QED) is 0.471. The molecule has 0 spiro atoms. The molecule has 27 heavy (non-hydrogen) atoms. The van der Waals surface area contributed by atoms with E-state index in [2.05, 4.69) is 77.9 Å². The fourth-order valence-corrected chi connectivity index (χ4v) is 2.87. The molecule has 0 aliphatic rings. The van der Waals surface area contributed by atoms with Crippen molar-refractivity contribution in [2.75, 3.05) is 13.2 Å². The molecule has 0 bridgehead atoms. The van der Waals surface area contributed by atoms with Crippen LogP contribution >= 0.6 is 0 Å². The molecule has 0 fully saturated rings. The second-order valence-corrected chi connectivity index (χ2v) is 9.31. The number of unbranched alkanes of at least 4 members (excludes halogenated alkanes) is 2. The van der Waals surface area contributed by atoms with Gasteiger partial charge in [-0.2, -0.15) is 0 Å². The first-order valence-corrected chi connectivity index (χ1v) is 10.1. The Morgan fingerprint density at radius 3 is 1.37 bits per heavy atom. The van der Waals surface area contributed by atoms with Gasteiger partial charge in [-0.15, -0.1) is 0 Å². The summed E-state index contributed by atoms with van der Waals surface area (Å²) in [6.07, 6.45) is 3.20.